The molecular formula is C30H32N4O7S. The fourth-order valence-electron chi connectivity index (χ4n) is 5.33. The summed E-state index contributed by atoms with van der Waals surface area (Å²) < 4.78 is 45.9. The third kappa shape index (κ3) is 4.51. The van der Waals surface area contributed by atoms with E-state index in [0.29, 0.717) is 15.6 Å². The molecule has 0 aliphatic carbocycles. The summed E-state index contributed by atoms with van der Waals surface area (Å²) in [7, 11) is 4.31. The number of benzene rings is 3. The number of hydrogen-bond acceptors (Lipinski definition) is 9. The van der Waals surface area contributed by atoms with Gasteiger partial charge in [0, 0.05) is 31.3 Å². The van der Waals surface area contributed by atoms with Crippen LogP contribution in [0.1, 0.15) is 23.6 Å². The summed E-state index contributed by atoms with van der Waals surface area (Å²) in [6.07, 6.45) is 0. The van der Waals surface area contributed by atoms with Crippen molar-refractivity contribution in [3.05, 3.63) is 77.4 Å². The van der Waals surface area contributed by atoms with E-state index in [1.54, 1.807) is 52.3 Å². The summed E-state index contributed by atoms with van der Waals surface area (Å²) in [6, 6.07) is 16.4. The van der Waals surface area contributed by atoms with E-state index in [0.717, 1.165) is 0 Å². The van der Waals surface area contributed by atoms with Gasteiger partial charge < -0.3 is 19.1 Å². The maximum Gasteiger partial charge on any atom is 0.274 e. The van der Waals surface area contributed by atoms with Gasteiger partial charge in [-0.05, 0) is 50.4 Å². The molecule has 11 nitrogen and oxygen atoms in total. The zero-order valence-electron chi connectivity index (χ0n) is 24.4. The number of rotatable bonds is 9. The topological polar surface area (TPSA) is 129 Å². The molecule has 220 valence electrons. The molecular weight excluding hydrogens is 560 g/mol. The number of carbonyl (C=O) groups excluding carboxylic acids is 2. The first-order chi connectivity index (χ1) is 19.9. The van der Waals surface area contributed by atoms with Gasteiger partial charge >= 0.3 is 0 Å². The normalized spacial score (nSPS) is 16.9. The number of amides is 2. The Hall–Kier alpha value is -4.60. The summed E-state index contributed by atoms with van der Waals surface area (Å²) >= 11 is 0. The Kier molecular flexibility index (Phi) is 8.20. The fraction of sp³-hybridized carbons (Fsp3) is 0.300. The second-order valence-electron chi connectivity index (χ2n) is 9.87. The third-order valence-electron chi connectivity index (χ3n) is 7.52. The molecule has 12 heteroatoms. The van der Waals surface area contributed by atoms with Gasteiger partial charge in [-0.1, -0.05) is 18.2 Å². The largest absolute Gasteiger partial charge is 0.497 e. The Labute approximate surface area is 245 Å². The molecule has 0 radical (unpaired) electrons. The zero-order chi connectivity index (χ0) is 31.0. The van der Waals surface area contributed by atoms with E-state index in [1.807, 2.05) is 0 Å². The van der Waals surface area contributed by atoms with Crippen molar-refractivity contribution < 1.29 is 32.2 Å². The maximum absolute atomic E-state index is 15.0. The molecule has 0 saturated heterocycles. The van der Waals surface area contributed by atoms with Crippen LogP contribution in [-0.2, 0) is 25.2 Å². The predicted molar refractivity (Wildman–Crippen MR) is 155 cm³/mol. The van der Waals surface area contributed by atoms with Crippen LogP contribution < -0.4 is 18.5 Å². The lowest BCUT2D eigenvalue weighted by Gasteiger charge is -2.42. The van der Waals surface area contributed by atoms with Crippen LogP contribution in [-0.4, -0.2) is 78.5 Å². The highest BCUT2D eigenvalue weighted by molar-refractivity contribution is 7.93. The van der Waals surface area contributed by atoms with Crippen molar-refractivity contribution in [2.75, 3.05) is 46.8 Å². The van der Waals surface area contributed by atoms with Gasteiger partial charge in [0.15, 0.2) is 5.54 Å². The smallest absolute Gasteiger partial charge is 0.274 e. The minimum atomic E-state index is -4.63. The summed E-state index contributed by atoms with van der Waals surface area (Å²) in [4.78, 5) is 30.9. The molecule has 1 heterocycles. The highest BCUT2D eigenvalue weighted by Gasteiger charge is 2.61. The third-order valence-corrected chi connectivity index (χ3v) is 9.26. The molecule has 0 N–H and O–H groups in total. The van der Waals surface area contributed by atoms with E-state index in [-0.39, 0.29) is 39.1 Å². The monoisotopic (exact) mass is 592 g/mol. The molecule has 0 saturated carbocycles. The van der Waals surface area contributed by atoms with Crippen molar-refractivity contribution in [3.63, 3.8) is 0 Å². The van der Waals surface area contributed by atoms with Gasteiger partial charge in [-0.15, -0.1) is 0 Å². The van der Waals surface area contributed by atoms with Gasteiger partial charge in [0.25, 0.3) is 15.9 Å². The Morgan fingerprint density at radius 2 is 1.60 bits per heavy atom. The number of fused-ring (bicyclic) bond motifs is 1. The van der Waals surface area contributed by atoms with E-state index in [9.17, 15) is 18.5 Å². The molecule has 1 unspecified atom stereocenters. The number of carbonyl (C=O) groups is 2. The van der Waals surface area contributed by atoms with Gasteiger partial charge in [0.2, 0.25) is 5.91 Å². The number of likely N-dealkylation sites (N-methyl/N-ethyl adjacent to an activating group) is 2. The Bertz CT molecular complexity index is 1700. The molecule has 4 rings (SSSR count). The molecule has 3 aromatic carbocycles. The second-order valence-corrected chi connectivity index (χ2v) is 11.6. The van der Waals surface area contributed by atoms with Crippen molar-refractivity contribution in [1.29, 1.82) is 5.26 Å². The summed E-state index contributed by atoms with van der Waals surface area (Å²) in [5, 5.41) is 9.81. The standard InChI is InChI=1S/C30H32N4O7S/c1-19(28(35)32(2)3)33(4)30(22-10-8-9-11-25(22)40-6)23-16-20(18-31)12-14-24(23)34(29(30)36)42(37,38)27-15-13-21(39-5)17-26(27)41-7/h8-17,19H,1-7H3/t19?,30-/m1/s1. The maximum atomic E-state index is 15.0. The van der Waals surface area contributed by atoms with Gasteiger partial charge in [-0.2, -0.15) is 5.26 Å². The van der Waals surface area contributed by atoms with Crippen LogP contribution in [0.4, 0.5) is 5.69 Å². The molecule has 2 atom stereocenters. The SMILES string of the molecule is COc1ccc(S(=O)(=O)N2C(=O)[C@](c3ccccc3OC)(N(C)C(C)C(=O)N(C)C)c3cc(C#N)ccc32)c(OC)c1. The predicted octanol–water partition coefficient (Wildman–Crippen LogP) is 2.97. The Morgan fingerprint density at radius 3 is 2.19 bits per heavy atom. The quantitative estimate of drug-likeness (QED) is 0.368. The van der Waals surface area contributed by atoms with Crippen molar-refractivity contribution in [2.45, 2.75) is 23.4 Å². The number of sulfonamides is 1. The van der Waals surface area contributed by atoms with E-state index in [1.165, 1.54) is 67.5 Å². The number of anilines is 1. The van der Waals surface area contributed by atoms with Crippen LogP contribution >= 0.6 is 0 Å². The molecule has 1 aliphatic heterocycles. The van der Waals surface area contributed by atoms with Crippen molar-refractivity contribution in [2.24, 2.45) is 0 Å². The Balaban J connectivity index is 2.13. The first-order valence-electron chi connectivity index (χ1n) is 12.9. The van der Waals surface area contributed by atoms with Gasteiger partial charge in [0.05, 0.1) is 44.7 Å². The molecule has 1 aliphatic rings. The van der Waals surface area contributed by atoms with Crippen molar-refractivity contribution >= 4 is 27.5 Å². The van der Waals surface area contributed by atoms with E-state index in [4.69, 9.17) is 14.2 Å². The summed E-state index contributed by atoms with van der Waals surface area (Å²) in [5.74, 6) is -0.586. The minimum Gasteiger partial charge on any atom is -0.497 e. The lowest BCUT2D eigenvalue weighted by atomic mass is 9.80. The molecule has 0 aromatic heterocycles. The van der Waals surface area contributed by atoms with Crippen molar-refractivity contribution in [1.82, 2.24) is 9.80 Å². The first kappa shape index (κ1) is 30.4. The summed E-state index contributed by atoms with van der Waals surface area (Å²) in [6.45, 7) is 1.63. The lowest BCUT2D eigenvalue weighted by molar-refractivity contribution is -0.138. The van der Waals surface area contributed by atoms with Gasteiger partial charge in [-0.25, -0.2) is 12.7 Å². The average molecular weight is 593 g/mol. The number of hydrogen-bond donors (Lipinski definition) is 0. The lowest BCUT2D eigenvalue weighted by Crippen LogP contribution is -2.59. The van der Waals surface area contributed by atoms with Crippen LogP contribution in [0, 0.1) is 11.3 Å². The van der Waals surface area contributed by atoms with E-state index >= 15 is 4.79 Å². The minimum absolute atomic E-state index is 0.0270. The van der Waals surface area contributed by atoms with Crippen LogP contribution in [0.5, 0.6) is 17.2 Å². The van der Waals surface area contributed by atoms with Gasteiger partial charge in [-0.3, -0.25) is 14.5 Å². The molecule has 42 heavy (non-hydrogen) atoms. The van der Waals surface area contributed by atoms with Crippen LogP contribution in [0.25, 0.3) is 0 Å². The molecule has 0 fully saturated rings. The number of para-hydroxylation sites is 1. The highest BCUT2D eigenvalue weighted by atomic mass is 32.2. The van der Waals surface area contributed by atoms with Gasteiger partial charge in [0.1, 0.15) is 22.1 Å². The first-order valence-corrected chi connectivity index (χ1v) is 14.3. The Morgan fingerprint density at radius 1 is 0.929 bits per heavy atom. The molecule has 3 aromatic rings. The molecule has 0 bridgehead atoms. The number of ether oxygens (including phenoxy) is 3. The average Bonchev–Trinajstić information content (AvgIpc) is 3.27. The zero-order valence-corrected chi connectivity index (χ0v) is 25.2. The van der Waals surface area contributed by atoms with Crippen LogP contribution in [0.2, 0.25) is 0 Å². The second kappa shape index (κ2) is 11.3. The van der Waals surface area contributed by atoms with E-state index in [2.05, 4.69) is 6.07 Å². The molecule has 2 amide bonds. The van der Waals surface area contributed by atoms with Crippen LogP contribution in [0.15, 0.2) is 65.6 Å². The highest BCUT2D eigenvalue weighted by Crippen LogP contribution is 2.53. The summed E-state index contributed by atoms with van der Waals surface area (Å²) in [5.41, 5.74) is -1.17. The van der Waals surface area contributed by atoms with Crippen LogP contribution in [0.3, 0.4) is 0 Å². The number of methoxy groups -OCH3 is 3. The molecule has 0 spiro atoms. The number of nitriles is 1. The number of nitrogens with zero attached hydrogens (tertiary/aromatic N) is 4. The fourth-order valence-corrected chi connectivity index (χ4v) is 6.94. The van der Waals surface area contributed by atoms with Crippen molar-refractivity contribution in [3.8, 4) is 23.3 Å². The van der Waals surface area contributed by atoms with E-state index < -0.39 is 27.5 Å².